The molecule has 2 nitrogen and oxygen atoms in total. The molecule has 0 saturated carbocycles. The van der Waals surface area contributed by atoms with Crippen LogP contribution in [0.5, 0.6) is 0 Å². The third-order valence-electron chi connectivity index (χ3n) is 2.87. The molecule has 4 heteroatoms. The number of carboxylic acids is 1. The summed E-state index contributed by atoms with van der Waals surface area (Å²) in [5.74, 6) is -0.925. The molecule has 0 atom stereocenters. The van der Waals surface area contributed by atoms with Crippen molar-refractivity contribution in [3.63, 3.8) is 0 Å². The Morgan fingerprint density at radius 1 is 1.04 bits per heavy atom. The van der Waals surface area contributed by atoms with Crippen molar-refractivity contribution < 1.29 is 9.90 Å². The monoisotopic (exact) mass is 340 g/mol. The molecule has 0 saturated heterocycles. The van der Waals surface area contributed by atoms with Crippen molar-refractivity contribution in [1.82, 2.24) is 0 Å². The van der Waals surface area contributed by atoms with Crippen LogP contribution in [0, 0.1) is 0 Å². The molecule has 0 radical (unpaired) electrons. The number of aromatic carboxylic acids is 1. The van der Waals surface area contributed by atoms with E-state index in [4.69, 9.17) is 0 Å². The van der Waals surface area contributed by atoms with Crippen LogP contribution in [0.15, 0.2) is 99.5 Å². The number of carboxylic acid groups (broad SMARTS) is 1. The van der Waals surface area contributed by atoms with Crippen LogP contribution in [0.3, 0.4) is 0 Å². The first kappa shape index (κ1) is 17.2. The highest BCUT2D eigenvalue weighted by atomic mass is 32.2. The molecule has 2 aromatic rings. The number of carbonyl (C=O) groups is 1. The van der Waals surface area contributed by atoms with E-state index in [-0.39, 0.29) is 0 Å². The highest BCUT2D eigenvalue weighted by molar-refractivity contribution is 8.03. The van der Waals surface area contributed by atoms with Crippen molar-refractivity contribution in [2.75, 3.05) is 0 Å². The van der Waals surface area contributed by atoms with E-state index in [1.54, 1.807) is 18.2 Å². The van der Waals surface area contributed by atoms with E-state index in [9.17, 15) is 9.90 Å². The Bertz CT molecular complexity index is 749. The summed E-state index contributed by atoms with van der Waals surface area (Å²) in [5.41, 5.74) is 0.302. The lowest BCUT2D eigenvalue weighted by Crippen LogP contribution is -1.98. The fourth-order valence-corrected chi connectivity index (χ4v) is 3.74. The van der Waals surface area contributed by atoms with Gasteiger partial charge in [-0.15, -0.1) is 0 Å². The number of allylic oxidation sites excluding steroid dienone is 3. The summed E-state index contributed by atoms with van der Waals surface area (Å²) in [5, 5.41) is 9.39. The first-order valence-corrected chi connectivity index (χ1v) is 8.50. The van der Waals surface area contributed by atoms with Crippen LogP contribution in [0.1, 0.15) is 10.4 Å². The molecule has 2 aromatic carbocycles. The van der Waals surface area contributed by atoms with Crippen LogP contribution in [-0.4, -0.2) is 11.1 Å². The zero-order chi connectivity index (χ0) is 16.7. The normalized spacial score (nSPS) is 11.0. The second kappa shape index (κ2) is 8.46. The predicted octanol–water partition coefficient (Wildman–Crippen LogP) is 5.88. The molecule has 0 bridgehead atoms. The highest BCUT2D eigenvalue weighted by Crippen LogP contribution is 2.35. The lowest BCUT2D eigenvalue weighted by Gasteiger charge is -2.09. The van der Waals surface area contributed by atoms with Gasteiger partial charge in [0.15, 0.2) is 0 Å². The second-order valence-electron chi connectivity index (χ2n) is 4.49. The average molecular weight is 340 g/mol. The van der Waals surface area contributed by atoms with Gasteiger partial charge in [0, 0.05) is 19.6 Å². The SMILES string of the molecule is C=C/C=C(\C=C)Sc1ccc(C(=O)O)c(Sc2ccccc2)c1. The smallest absolute Gasteiger partial charge is 0.336 e. The van der Waals surface area contributed by atoms with Crippen LogP contribution in [0.4, 0.5) is 0 Å². The molecular formula is C19H16O2S2. The van der Waals surface area contributed by atoms with E-state index in [0.29, 0.717) is 5.56 Å². The van der Waals surface area contributed by atoms with Crippen molar-refractivity contribution in [1.29, 1.82) is 0 Å². The number of thioether (sulfide) groups is 1. The molecule has 0 amide bonds. The van der Waals surface area contributed by atoms with Gasteiger partial charge in [0.05, 0.1) is 5.56 Å². The molecule has 0 unspecified atom stereocenters. The molecule has 0 spiro atoms. The Morgan fingerprint density at radius 3 is 2.39 bits per heavy atom. The molecule has 0 aromatic heterocycles. The fourth-order valence-electron chi connectivity index (χ4n) is 1.84. The number of hydrogen-bond donors (Lipinski definition) is 1. The minimum Gasteiger partial charge on any atom is -0.478 e. The topological polar surface area (TPSA) is 37.3 Å². The van der Waals surface area contributed by atoms with Crippen LogP contribution in [0.2, 0.25) is 0 Å². The lowest BCUT2D eigenvalue weighted by atomic mass is 10.2. The molecule has 116 valence electrons. The standard InChI is InChI=1S/C19H16O2S2/c1-3-8-14(4-2)22-16-11-12-17(19(20)21)18(13-16)23-15-9-6-5-7-10-15/h3-13H,1-2H2,(H,20,21)/b14-8+. The summed E-state index contributed by atoms with van der Waals surface area (Å²) in [6, 6.07) is 15.1. The summed E-state index contributed by atoms with van der Waals surface area (Å²) in [6.45, 7) is 7.46. The summed E-state index contributed by atoms with van der Waals surface area (Å²) < 4.78 is 0. The van der Waals surface area contributed by atoms with Gasteiger partial charge in [0.1, 0.15) is 0 Å². The average Bonchev–Trinajstić information content (AvgIpc) is 2.55. The minimum absolute atomic E-state index is 0.302. The van der Waals surface area contributed by atoms with Gasteiger partial charge in [-0.25, -0.2) is 4.79 Å². The largest absolute Gasteiger partial charge is 0.478 e. The molecule has 2 rings (SSSR count). The maximum Gasteiger partial charge on any atom is 0.336 e. The Kier molecular flexibility index (Phi) is 6.32. The van der Waals surface area contributed by atoms with Gasteiger partial charge in [-0.05, 0) is 36.4 Å². The Hall–Kier alpha value is -2.17. The van der Waals surface area contributed by atoms with Crippen molar-refractivity contribution in [3.8, 4) is 0 Å². The fraction of sp³-hybridized carbons (Fsp3) is 0. The summed E-state index contributed by atoms with van der Waals surface area (Å²) in [6.07, 6.45) is 5.32. The van der Waals surface area contributed by atoms with Crippen molar-refractivity contribution in [2.24, 2.45) is 0 Å². The van der Waals surface area contributed by atoms with Crippen LogP contribution >= 0.6 is 23.5 Å². The van der Waals surface area contributed by atoms with Gasteiger partial charge in [-0.1, -0.05) is 67.0 Å². The van der Waals surface area contributed by atoms with E-state index in [0.717, 1.165) is 19.6 Å². The first-order chi connectivity index (χ1) is 11.1. The molecule has 0 aliphatic carbocycles. The van der Waals surface area contributed by atoms with E-state index >= 15 is 0 Å². The van der Waals surface area contributed by atoms with Crippen LogP contribution in [0.25, 0.3) is 0 Å². The van der Waals surface area contributed by atoms with Crippen molar-refractivity contribution >= 4 is 29.5 Å². The molecule has 0 fully saturated rings. The maximum absolute atomic E-state index is 11.4. The van der Waals surface area contributed by atoms with Crippen molar-refractivity contribution in [2.45, 2.75) is 14.7 Å². The van der Waals surface area contributed by atoms with Gasteiger partial charge in [-0.3, -0.25) is 0 Å². The number of benzene rings is 2. The zero-order valence-electron chi connectivity index (χ0n) is 12.4. The number of hydrogen-bond acceptors (Lipinski definition) is 3. The summed E-state index contributed by atoms with van der Waals surface area (Å²) >= 11 is 2.97. The minimum atomic E-state index is -0.925. The predicted molar refractivity (Wildman–Crippen MR) is 98.3 cm³/mol. The van der Waals surface area contributed by atoms with Gasteiger partial charge in [-0.2, -0.15) is 0 Å². The summed E-state index contributed by atoms with van der Waals surface area (Å²) in [7, 11) is 0. The van der Waals surface area contributed by atoms with Crippen LogP contribution < -0.4 is 0 Å². The van der Waals surface area contributed by atoms with Gasteiger partial charge >= 0.3 is 5.97 Å². The van der Waals surface area contributed by atoms with Gasteiger partial charge in [0.25, 0.3) is 0 Å². The Morgan fingerprint density at radius 2 is 1.78 bits per heavy atom. The maximum atomic E-state index is 11.4. The summed E-state index contributed by atoms with van der Waals surface area (Å²) in [4.78, 5) is 15.1. The second-order valence-corrected chi connectivity index (χ2v) is 6.75. The Labute approximate surface area is 144 Å². The number of rotatable bonds is 7. The van der Waals surface area contributed by atoms with Gasteiger partial charge in [0.2, 0.25) is 0 Å². The molecule has 0 aliphatic heterocycles. The highest BCUT2D eigenvalue weighted by Gasteiger charge is 2.12. The van der Waals surface area contributed by atoms with E-state index < -0.39 is 5.97 Å². The molecular weight excluding hydrogens is 324 g/mol. The van der Waals surface area contributed by atoms with Crippen LogP contribution in [-0.2, 0) is 0 Å². The zero-order valence-corrected chi connectivity index (χ0v) is 14.1. The third-order valence-corrected chi connectivity index (χ3v) is 4.97. The first-order valence-electron chi connectivity index (χ1n) is 6.87. The van der Waals surface area contributed by atoms with E-state index in [1.165, 1.54) is 23.5 Å². The Balaban J connectivity index is 2.35. The molecule has 0 aliphatic rings. The van der Waals surface area contributed by atoms with Gasteiger partial charge < -0.3 is 5.11 Å². The lowest BCUT2D eigenvalue weighted by molar-refractivity contribution is 0.0693. The molecule has 0 heterocycles. The van der Waals surface area contributed by atoms with Crippen molar-refractivity contribution in [3.05, 3.63) is 90.4 Å². The quantitative estimate of drug-likeness (QED) is 0.504. The molecule has 1 N–H and O–H groups in total. The molecule has 23 heavy (non-hydrogen) atoms. The van der Waals surface area contributed by atoms with E-state index in [1.807, 2.05) is 48.5 Å². The third kappa shape index (κ3) is 4.91. The van der Waals surface area contributed by atoms with E-state index in [2.05, 4.69) is 13.2 Å².